The summed E-state index contributed by atoms with van der Waals surface area (Å²) < 4.78 is 5.15. The Balaban J connectivity index is 2.32. The number of Topliss-reactive ketones (excluding diaryl/α,β-unsaturated/α-hetero) is 1. The van der Waals surface area contributed by atoms with Crippen LogP contribution in [-0.4, -0.2) is 19.0 Å². The first-order valence-electron chi connectivity index (χ1n) is 4.06. The first-order valence-corrected chi connectivity index (χ1v) is 4.06. The predicted molar refractivity (Wildman–Crippen MR) is 43.4 cm³/mol. The second-order valence-electron chi connectivity index (χ2n) is 2.85. The molecular weight excluding hydrogens is 140 g/mol. The van der Waals surface area contributed by atoms with Crippen LogP contribution in [0.1, 0.15) is 19.3 Å². The first-order chi connectivity index (χ1) is 5.34. The molecule has 2 heteroatoms. The third kappa shape index (κ3) is 2.46. The molecule has 0 aliphatic carbocycles. The van der Waals surface area contributed by atoms with E-state index in [1.807, 2.05) is 0 Å². The van der Waals surface area contributed by atoms with Crippen molar-refractivity contribution in [2.45, 2.75) is 19.3 Å². The molecule has 1 aliphatic rings. The molecule has 1 heterocycles. The fourth-order valence-corrected chi connectivity index (χ4v) is 1.33. The Morgan fingerprint density at radius 1 is 1.55 bits per heavy atom. The second kappa shape index (κ2) is 4.29. The molecule has 0 N–H and O–H groups in total. The van der Waals surface area contributed by atoms with Gasteiger partial charge in [0.15, 0.2) is 0 Å². The van der Waals surface area contributed by atoms with Crippen LogP contribution in [0.5, 0.6) is 0 Å². The molecule has 1 saturated heterocycles. The zero-order valence-corrected chi connectivity index (χ0v) is 6.71. The average molecular weight is 154 g/mol. The largest absolute Gasteiger partial charge is 0.381 e. The number of hydrogen-bond acceptors (Lipinski definition) is 2. The lowest BCUT2D eigenvalue weighted by atomic mass is 9.94. The number of hydrogen-bond donors (Lipinski definition) is 0. The highest BCUT2D eigenvalue weighted by atomic mass is 16.5. The molecule has 0 aromatic heterocycles. The fraction of sp³-hybridized carbons (Fsp3) is 0.667. The van der Waals surface area contributed by atoms with Crippen LogP contribution in [0, 0.1) is 5.92 Å². The highest BCUT2D eigenvalue weighted by Gasteiger charge is 2.19. The fourth-order valence-electron chi connectivity index (χ4n) is 1.33. The molecule has 0 radical (unpaired) electrons. The van der Waals surface area contributed by atoms with Crippen LogP contribution in [0.2, 0.25) is 0 Å². The summed E-state index contributed by atoms with van der Waals surface area (Å²) in [6.45, 7) is 5.03. The summed E-state index contributed by atoms with van der Waals surface area (Å²) in [6.07, 6.45) is 3.99. The number of allylic oxidation sites excluding steroid dienone is 1. The number of ketones is 1. The standard InChI is InChI=1S/C9H14O2/c1-2-3-9(10)8-4-6-11-7-5-8/h2,8H,1,3-7H2. The van der Waals surface area contributed by atoms with E-state index in [2.05, 4.69) is 6.58 Å². The van der Waals surface area contributed by atoms with Crippen molar-refractivity contribution in [2.24, 2.45) is 5.92 Å². The topological polar surface area (TPSA) is 26.3 Å². The Bertz CT molecular complexity index is 146. The van der Waals surface area contributed by atoms with Gasteiger partial charge in [-0.15, -0.1) is 6.58 Å². The molecule has 1 rings (SSSR count). The molecule has 0 unspecified atom stereocenters. The van der Waals surface area contributed by atoms with Crippen molar-refractivity contribution in [3.05, 3.63) is 12.7 Å². The van der Waals surface area contributed by atoms with Crippen molar-refractivity contribution in [3.8, 4) is 0 Å². The van der Waals surface area contributed by atoms with Crippen LogP contribution in [0.3, 0.4) is 0 Å². The third-order valence-electron chi connectivity index (χ3n) is 2.02. The van der Waals surface area contributed by atoms with E-state index in [4.69, 9.17) is 4.74 Å². The molecule has 0 aromatic rings. The summed E-state index contributed by atoms with van der Waals surface area (Å²) in [6, 6.07) is 0. The zero-order chi connectivity index (χ0) is 8.10. The summed E-state index contributed by atoms with van der Waals surface area (Å²) in [4.78, 5) is 11.3. The van der Waals surface area contributed by atoms with Gasteiger partial charge in [-0.05, 0) is 12.8 Å². The molecule has 0 atom stereocenters. The minimum atomic E-state index is 0.238. The Kier molecular flexibility index (Phi) is 3.30. The van der Waals surface area contributed by atoms with E-state index < -0.39 is 0 Å². The maximum atomic E-state index is 11.3. The smallest absolute Gasteiger partial charge is 0.139 e. The van der Waals surface area contributed by atoms with Crippen LogP contribution in [0.15, 0.2) is 12.7 Å². The maximum Gasteiger partial charge on any atom is 0.139 e. The van der Waals surface area contributed by atoms with Gasteiger partial charge in [0.1, 0.15) is 5.78 Å². The van der Waals surface area contributed by atoms with Gasteiger partial charge >= 0.3 is 0 Å². The van der Waals surface area contributed by atoms with Gasteiger partial charge in [0.05, 0.1) is 0 Å². The minimum Gasteiger partial charge on any atom is -0.381 e. The number of rotatable bonds is 3. The molecule has 0 saturated carbocycles. The zero-order valence-electron chi connectivity index (χ0n) is 6.71. The molecule has 1 aliphatic heterocycles. The van der Waals surface area contributed by atoms with E-state index in [1.54, 1.807) is 6.08 Å². The maximum absolute atomic E-state index is 11.3. The van der Waals surface area contributed by atoms with Gasteiger partial charge in [-0.2, -0.15) is 0 Å². The SMILES string of the molecule is C=CCC(=O)C1CCOCC1. The normalized spacial score (nSPS) is 19.6. The summed E-state index contributed by atoms with van der Waals surface area (Å²) in [5.74, 6) is 0.560. The predicted octanol–water partition coefficient (Wildman–Crippen LogP) is 1.56. The Labute approximate surface area is 67.2 Å². The van der Waals surface area contributed by atoms with Crippen molar-refractivity contribution in [2.75, 3.05) is 13.2 Å². The molecule has 11 heavy (non-hydrogen) atoms. The van der Waals surface area contributed by atoms with E-state index in [-0.39, 0.29) is 5.92 Å². The molecule has 0 aromatic carbocycles. The van der Waals surface area contributed by atoms with Crippen molar-refractivity contribution >= 4 is 5.78 Å². The van der Waals surface area contributed by atoms with Crippen molar-refractivity contribution in [1.82, 2.24) is 0 Å². The first kappa shape index (κ1) is 8.47. The molecular formula is C9H14O2. The Morgan fingerprint density at radius 3 is 2.73 bits per heavy atom. The van der Waals surface area contributed by atoms with E-state index in [9.17, 15) is 4.79 Å². The quantitative estimate of drug-likeness (QED) is 0.576. The van der Waals surface area contributed by atoms with E-state index in [0.717, 1.165) is 26.1 Å². The van der Waals surface area contributed by atoms with Gasteiger partial charge in [0.2, 0.25) is 0 Å². The second-order valence-corrected chi connectivity index (χ2v) is 2.85. The van der Waals surface area contributed by atoms with Gasteiger partial charge in [-0.3, -0.25) is 4.79 Å². The molecule has 0 bridgehead atoms. The molecule has 62 valence electrons. The van der Waals surface area contributed by atoms with Crippen LogP contribution in [0.4, 0.5) is 0 Å². The lowest BCUT2D eigenvalue weighted by Crippen LogP contribution is -2.22. The van der Waals surface area contributed by atoms with Gasteiger partial charge < -0.3 is 4.74 Å². The van der Waals surface area contributed by atoms with Crippen molar-refractivity contribution < 1.29 is 9.53 Å². The molecule has 1 fully saturated rings. The summed E-state index contributed by atoms with van der Waals surface area (Å²) in [7, 11) is 0. The van der Waals surface area contributed by atoms with Crippen LogP contribution < -0.4 is 0 Å². The number of carbonyl (C=O) groups excluding carboxylic acids is 1. The third-order valence-corrected chi connectivity index (χ3v) is 2.02. The monoisotopic (exact) mass is 154 g/mol. The highest BCUT2D eigenvalue weighted by Crippen LogP contribution is 2.16. The van der Waals surface area contributed by atoms with Crippen molar-refractivity contribution in [3.63, 3.8) is 0 Å². The van der Waals surface area contributed by atoms with Gasteiger partial charge in [0.25, 0.3) is 0 Å². The van der Waals surface area contributed by atoms with Crippen molar-refractivity contribution in [1.29, 1.82) is 0 Å². The number of carbonyl (C=O) groups is 1. The van der Waals surface area contributed by atoms with Crippen LogP contribution in [0.25, 0.3) is 0 Å². The van der Waals surface area contributed by atoms with Crippen LogP contribution in [-0.2, 0) is 9.53 Å². The average Bonchev–Trinajstić information content (AvgIpc) is 2.07. The lowest BCUT2D eigenvalue weighted by Gasteiger charge is -2.19. The van der Waals surface area contributed by atoms with E-state index in [0.29, 0.717) is 12.2 Å². The highest BCUT2D eigenvalue weighted by molar-refractivity contribution is 5.82. The van der Waals surface area contributed by atoms with Gasteiger partial charge in [-0.1, -0.05) is 6.08 Å². The summed E-state index contributed by atoms with van der Waals surface area (Å²) in [5.41, 5.74) is 0. The van der Waals surface area contributed by atoms with Crippen LogP contribution >= 0.6 is 0 Å². The Morgan fingerprint density at radius 2 is 2.18 bits per heavy atom. The van der Waals surface area contributed by atoms with E-state index in [1.165, 1.54) is 0 Å². The summed E-state index contributed by atoms with van der Waals surface area (Å²) >= 11 is 0. The molecule has 0 amide bonds. The number of ether oxygens (including phenoxy) is 1. The molecule has 0 spiro atoms. The molecule has 2 nitrogen and oxygen atoms in total. The minimum absolute atomic E-state index is 0.238. The van der Waals surface area contributed by atoms with Gasteiger partial charge in [0, 0.05) is 25.6 Å². The summed E-state index contributed by atoms with van der Waals surface area (Å²) in [5, 5.41) is 0. The lowest BCUT2D eigenvalue weighted by molar-refractivity contribution is -0.124. The Hall–Kier alpha value is -0.630. The van der Waals surface area contributed by atoms with E-state index >= 15 is 0 Å². The van der Waals surface area contributed by atoms with Gasteiger partial charge in [-0.25, -0.2) is 0 Å².